The molecular formula is C33H36Cl2N4O3. The highest BCUT2D eigenvalue weighted by Gasteiger charge is 2.42. The van der Waals surface area contributed by atoms with Crippen LogP contribution in [0.15, 0.2) is 66.7 Å². The molecule has 5 rings (SSSR count). The average Bonchev–Trinajstić information content (AvgIpc) is 3.12. The van der Waals surface area contributed by atoms with Gasteiger partial charge in [0.25, 0.3) is 11.8 Å². The maximum atomic E-state index is 14.2. The van der Waals surface area contributed by atoms with Crippen LogP contribution < -0.4 is 10.2 Å². The number of hydrogen-bond acceptors (Lipinski definition) is 4. The number of anilines is 2. The molecule has 2 heterocycles. The highest BCUT2D eigenvalue weighted by Crippen LogP contribution is 2.42. The molecule has 2 aliphatic heterocycles. The molecule has 0 aromatic heterocycles. The standard InChI is InChI=1S/C33H36Cl2N4O3/c1-23-6-3-4-8-29(23)31(41)36-28-12-9-25(10-13-28)32(42)39-30-14-11-27(34)22-26(30)7-5-15-33(39,35)16-17-37-18-20-38(21-19-37)24(2)40/h3-4,6,8-14,22H,5,7,15-21H2,1-2H3,(H,36,41). The Morgan fingerprint density at radius 1 is 0.952 bits per heavy atom. The van der Waals surface area contributed by atoms with Crippen LogP contribution in [0, 0.1) is 6.92 Å². The fourth-order valence-corrected chi connectivity index (χ4v) is 6.43. The average molecular weight is 608 g/mol. The lowest BCUT2D eigenvalue weighted by Crippen LogP contribution is -2.52. The zero-order valence-electron chi connectivity index (χ0n) is 24.0. The Kier molecular flexibility index (Phi) is 9.21. The van der Waals surface area contributed by atoms with E-state index in [-0.39, 0.29) is 17.7 Å². The molecule has 0 spiro atoms. The van der Waals surface area contributed by atoms with Crippen LogP contribution in [0.5, 0.6) is 0 Å². The normalized spacial score (nSPS) is 19.1. The van der Waals surface area contributed by atoms with E-state index in [4.69, 9.17) is 23.2 Å². The van der Waals surface area contributed by atoms with E-state index in [1.807, 2.05) is 42.2 Å². The van der Waals surface area contributed by atoms with Gasteiger partial charge in [-0.3, -0.25) is 24.2 Å². The van der Waals surface area contributed by atoms with Crippen LogP contribution in [0.4, 0.5) is 11.4 Å². The number of benzene rings is 3. The maximum absolute atomic E-state index is 14.2. The lowest BCUT2D eigenvalue weighted by atomic mass is 10.0. The second-order valence-corrected chi connectivity index (χ2v) is 12.3. The molecule has 9 heteroatoms. The van der Waals surface area contributed by atoms with Gasteiger partial charge in [-0.2, -0.15) is 0 Å². The number of nitrogens with one attached hydrogen (secondary N) is 1. The highest BCUT2D eigenvalue weighted by atomic mass is 35.5. The Balaban J connectivity index is 1.37. The first kappa shape index (κ1) is 30.1. The predicted octanol–water partition coefficient (Wildman–Crippen LogP) is 6.37. The lowest BCUT2D eigenvalue weighted by Gasteiger charge is -2.41. The molecule has 7 nitrogen and oxygen atoms in total. The van der Waals surface area contributed by atoms with Gasteiger partial charge in [0.1, 0.15) is 5.00 Å². The Labute approximate surface area is 257 Å². The number of amides is 3. The number of aryl methyl sites for hydroxylation is 2. The first-order valence-corrected chi connectivity index (χ1v) is 15.2. The van der Waals surface area contributed by atoms with Crippen molar-refractivity contribution in [3.05, 3.63) is 94.0 Å². The molecule has 3 aromatic rings. The summed E-state index contributed by atoms with van der Waals surface area (Å²) in [6, 6.07) is 20.0. The van der Waals surface area contributed by atoms with Gasteiger partial charge < -0.3 is 10.2 Å². The van der Waals surface area contributed by atoms with Crippen LogP contribution in [0.25, 0.3) is 0 Å². The fourth-order valence-electron chi connectivity index (χ4n) is 5.85. The first-order chi connectivity index (χ1) is 20.1. The number of carbonyl (C=O) groups excluding carboxylic acids is 3. The van der Waals surface area contributed by atoms with Crippen molar-refractivity contribution in [3.63, 3.8) is 0 Å². The minimum absolute atomic E-state index is 0.0973. The van der Waals surface area contributed by atoms with Crippen molar-refractivity contribution >= 4 is 52.3 Å². The maximum Gasteiger partial charge on any atom is 0.259 e. The van der Waals surface area contributed by atoms with E-state index in [9.17, 15) is 14.4 Å². The third kappa shape index (κ3) is 6.64. The molecule has 1 N–H and O–H groups in total. The second-order valence-electron chi connectivity index (χ2n) is 11.1. The van der Waals surface area contributed by atoms with Gasteiger partial charge in [-0.25, -0.2) is 0 Å². The van der Waals surface area contributed by atoms with E-state index < -0.39 is 5.00 Å². The zero-order chi connectivity index (χ0) is 29.9. The second kappa shape index (κ2) is 12.9. The van der Waals surface area contributed by atoms with Crippen LogP contribution in [0.2, 0.25) is 5.02 Å². The van der Waals surface area contributed by atoms with Gasteiger partial charge in [-0.1, -0.05) is 41.4 Å². The molecule has 3 amide bonds. The molecule has 42 heavy (non-hydrogen) atoms. The number of piperazine rings is 1. The lowest BCUT2D eigenvalue weighted by molar-refractivity contribution is -0.130. The van der Waals surface area contributed by atoms with E-state index in [2.05, 4.69) is 10.2 Å². The molecule has 0 aliphatic carbocycles. The molecule has 3 aromatic carbocycles. The van der Waals surface area contributed by atoms with E-state index in [0.717, 1.165) is 42.7 Å². The van der Waals surface area contributed by atoms with Crippen LogP contribution in [-0.2, 0) is 11.2 Å². The number of alkyl halides is 1. The Morgan fingerprint density at radius 3 is 2.36 bits per heavy atom. The van der Waals surface area contributed by atoms with Crippen LogP contribution in [0.1, 0.15) is 58.0 Å². The van der Waals surface area contributed by atoms with E-state index in [1.165, 1.54) is 0 Å². The van der Waals surface area contributed by atoms with Gasteiger partial charge in [-0.15, -0.1) is 0 Å². The molecular weight excluding hydrogens is 571 g/mol. The van der Waals surface area contributed by atoms with E-state index >= 15 is 0 Å². The summed E-state index contributed by atoms with van der Waals surface area (Å²) in [7, 11) is 0. The molecule has 0 radical (unpaired) electrons. The molecule has 1 unspecified atom stereocenters. The summed E-state index contributed by atoms with van der Waals surface area (Å²) < 4.78 is 0. The smallest absolute Gasteiger partial charge is 0.259 e. The van der Waals surface area contributed by atoms with Crippen molar-refractivity contribution in [3.8, 4) is 0 Å². The minimum Gasteiger partial charge on any atom is -0.340 e. The monoisotopic (exact) mass is 606 g/mol. The molecule has 0 saturated carbocycles. The topological polar surface area (TPSA) is 73.0 Å². The number of hydrogen-bond donors (Lipinski definition) is 1. The molecule has 1 atom stereocenters. The van der Waals surface area contributed by atoms with Crippen LogP contribution in [0.3, 0.4) is 0 Å². The van der Waals surface area contributed by atoms with Crippen LogP contribution in [-0.4, -0.2) is 65.2 Å². The SMILES string of the molecule is CC(=O)N1CCN(CCC2(Cl)CCCc3cc(Cl)ccc3N2C(=O)c2ccc(NC(=O)c3ccccc3C)cc2)CC1. The Morgan fingerprint density at radius 2 is 1.67 bits per heavy atom. The van der Waals surface area contributed by atoms with Gasteiger partial charge in [-0.05, 0) is 92.3 Å². The van der Waals surface area contributed by atoms with Crippen molar-refractivity contribution in [1.29, 1.82) is 0 Å². The van der Waals surface area contributed by atoms with Crippen molar-refractivity contribution in [2.75, 3.05) is 42.9 Å². The van der Waals surface area contributed by atoms with Crippen molar-refractivity contribution in [2.45, 2.75) is 44.5 Å². The van der Waals surface area contributed by atoms with E-state index in [1.54, 1.807) is 48.2 Å². The van der Waals surface area contributed by atoms with Crippen molar-refractivity contribution in [2.24, 2.45) is 0 Å². The minimum atomic E-state index is -0.939. The largest absolute Gasteiger partial charge is 0.340 e. The summed E-state index contributed by atoms with van der Waals surface area (Å²) in [5.41, 5.74) is 4.34. The number of rotatable bonds is 6. The summed E-state index contributed by atoms with van der Waals surface area (Å²) >= 11 is 13.8. The summed E-state index contributed by atoms with van der Waals surface area (Å²) in [6.07, 6.45) is 2.80. The predicted molar refractivity (Wildman–Crippen MR) is 169 cm³/mol. The fraction of sp³-hybridized carbons (Fsp3) is 0.364. The summed E-state index contributed by atoms with van der Waals surface area (Å²) in [5, 5.41) is 3.55. The quantitative estimate of drug-likeness (QED) is 0.261. The van der Waals surface area contributed by atoms with Crippen molar-refractivity contribution in [1.82, 2.24) is 9.80 Å². The van der Waals surface area contributed by atoms with Gasteiger partial charge in [0.05, 0.1) is 0 Å². The Hall–Kier alpha value is -3.39. The molecule has 2 aliphatic rings. The zero-order valence-corrected chi connectivity index (χ0v) is 25.5. The van der Waals surface area contributed by atoms with Gasteiger partial charge in [0, 0.05) is 67.2 Å². The number of nitrogens with zero attached hydrogens (tertiary/aromatic N) is 3. The molecule has 220 valence electrons. The van der Waals surface area contributed by atoms with Crippen molar-refractivity contribution < 1.29 is 14.4 Å². The summed E-state index contributed by atoms with van der Waals surface area (Å²) in [5.74, 6) is -0.303. The Bertz CT molecular complexity index is 1470. The number of carbonyl (C=O) groups is 3. The van der Waals surface area contributed by atoms with Gasteiger partial charge >= 0.3 is 0 Å². The highest BCUT2D eigenvalue weighted by molar-refractivity contribution is 6.31. The van der Waals surface area contributed by atoms with Crippen LogP contribution >= 0.6 is 23.2 Å². The van der Waals surface area contributed by atoms with Gasteiger partial charge in [0.15, 0.2) is 0 Å². The summed E-state index contributed by atoms with van der Waals surface area (Å²) in [4.78, 5) is 43.8. The van der Waals surface area contributed by atoms with E-state index in [0.29, 0.717) is 54.3 Å². The summed E-state index contributed by atoms with van der Waals surface area (Å²) in [6.45, 7) is 7.17. The third-order valence-corrected chi connectivity index (χ3v) is 9.08. The third-order valence-electron chi connectivity index (χ3n) is 8.30. The molecule has 0 bridgehead atoms. The molecule has 1 saturated heterocycles. The number of halogens is 2. The first-order valence-electron chi connectivity index (χ1n) is 14.4. The number of fused-ring (bicyclic) bond motifs is 1. The van der Waals surface area contributed by atoms with Gasteiger partial charge in [0.2, 0.25) is 5.91 Å². The molecule has 1 fully saturated rings.